The van der Waals surface area contributed by atoms with Gasteiger partial charge in [0, 0.05) is 16.1 Å². The molecule has 100 valence electrons. The lowest BCUT2D eigenvalue weighted by Gasteiger charge is -2.14. The molecule has 19 heavy (non-hydrogen) atoms. The molecule has 0 saturated heterocycles. The monoisotopic (exact) mass is 323 g/mol. The number of benzene rings is 2. The van der Waals surface area contributed by atoms with Crippen molar-refractivity contribution in [3.05, 3.63) is 63.9 Å². The highest BCUT2D eigenvalue weighted by atomic mass is 79.9. The molecule has 0 aliphatic rings. The van der Waals surface area contributed by atoms with Crippen molar-refractivity contribution in [2.75, 3.05) is 0 Å². The number of ether oxygens (including phenoxy) is 1. The van der Waals surface area contributed by atoms with E-state index in [4.69, 9.17) is 10.5 Å². The molecule has 0 heterocycles. The van der Waals surface area contributed by atoms with Crippen molar-refractivity contribution in [1.82, 2.24) is 0 Å². The van der Waals surface area contributed by atoms with Crippen LogP contribution in [0.25, 0.3) is 0 Å². The van der Waals surface area contributed by atoms with Gasteiger partial charge < -0.3 is 10.5 Å². The Bertz CT molecular complexity index is 572. The summed E-state index contributed by atoms with van der Waals surface area (Å²) in [5.41, 5.74) is 7.53. The summed E-state index contributed by atoms with van der Waals surface area (Å²) in [4.78, 5) is 0. The van der Waals surface area contributed by atoms with Crippen LogP contribution in [0.5, 0.6) is 5.75 Å². The van der Waals surface area contributed by atoms with E-state index in [2.05, 4.69) is 15.9 Å². The van der Waals surface area contributed by atoms with E-state index in [0.717, 1.165) is 10.0 Å². The smallest absolute Gasteiger partial charge is 0.124 e. The summed E-state index contributed by atoms with van der Waals surface area (Å²) >= 11 is 3.41. The Hall–Kier alpha value is -1.39. The van der Waals surface area contributed by atoms with E-state index in [1.807, 2.05) is 24.3 Å². The number of halogens is 2. The van der Waals surface area contributed by atoms with Crippen LogP contribution < -0.4 is 10.5 Å². The zero-order valence-electron chi connectivity index (χ0n) is 10.6. The summed E-state index contributed by atoms with van der Waals surface area (Å²) in [6, 6.07) is 12.0. The first-order valence-corrected chi connectivity index (χ1v) is 6.78. The van der Waals surface area contributed by atoms with Gasteiger partial charge in [-0.05, 0) is 42.8 Å². The van der Waals surface area contributed by atoms with Gasteiger partial charge in [-0.15, -0.1) is 0 Å². The molecule has 0 aromatic heterocycles. The first-order chi connectivity index (χ1) is 9.06. The normalized spacial score (nSPS) is 12.2. The molecular weight excluding hydrogens is 309 g/mol. The Morgan fingerprint density at radius 2 is 2.05 bits per heavy atom. The molecule has 1 unspecified atom stereocenters. The molecule has 0 fully saturated rings. The molecule has 2 aromatic rings. The van der Waals surface area contributed by atoms with Gasteiger partial charge in [0.25, 0.3) is 0 Å². The summed E-state index contributed by atoms with van der Waals surface area (Å²) in [5, 5.41) is 0. The number of hydrogen-bond donors (Lipinski definition) is 1. The van der Waals surface area contributed by atoms with E-state index in [0.29, 0.717) is 17.9 Å². The van der Waals surface area contributed by atoms with Crippen molar-refractivity contribution in [2.45, 2.75) is 19.6 Å². The van der Waals surface area contributed by atoms with Crippen molar-refractivity contribution in [2.24, 2.45) is 5.73 Å². The van der Waals surface area contributed by atoms with Gasteiger partial charge in [-0.3, -0.25) is 0 Å². The summed E-state index contributed by atoms with van der Waals surface area (Å²) in [6.07, 6.45) is 0. The predicted molar refractivity (Wildman–Crippen MR) is 77.5 cm³/mol. The van der Waals surface area contributed by atoms with Gasteiger partial charge in [0.15, 0.2) is 0 Å². The summed E-state index contributed by atoms with van der Waals surface area (Å²) in [7, 11) is 0. The van der Waals surface area contributed by atoms with E-state index in [1.165, 1.54) is 12.1 Å². The van der Waals surface area contributed by atoms with Gasteiger partial charge in [-0.1, -0.05) is 28.1 Å². The summed E-state index contributed by atoms with van der Waals surface area (Å²) in [6.45, 7) is 2.23. The second-order valence-electron chi connectivity index (χ2n) is 4.39. The van der Waals surface area contributed by atoms with Crippen LogP contribution in [0.15, 0.2) is 46.9 Å². The lowest BCUT2D eigenvalue weighted by Crippen LogP contribution is -2.08. The average molecular weight is 324 g/mol. The number of hydrogen-bond acceptors (Lipinski definition) is 2. The van der Waals surface area contributed by atoms with Crippen LogP contribution in [-0.2, 0) is 6.61 Å². The molecule has 2 aromatic carbocycles. The second kappa shape index (κ2) is 6.17. The summed E-state index contributed by atoms with van der Waals surface area (Å²) in [5.74, 6) is 0.318. The van der Waals surface area contributed by atoms with E-state index in [9.17, 15) is 4.39 Å². The third kappa shape index (κ3) is 3.78. The fourth-order valence-electron chi connectivity index (χ4n) is 1.79. The molecule has 4 heteroatoms. The molecule has 1 atom stereocenters. The van der Waals surface area contributed by atoms with Crippen molar-refractivity contribution in [1.29, 1.82) is 0 Å². The maximum atomic E-state index is 13.2. The molecule has 2 rings (SSSR count). The molecule has 0 aliphatic carbocycles. The van der Waals surface area contributed by atoms with Crippen molar-refractivity contribution < 1.29 is 9.13 Å². The molecule has 0 spiro atoms. The molecule has 0 bridgehead atoms. The Kier molecular flexibility index (Phi) is 4.56. The SMILES string of the molecule is CC(N)c1cc(F)ccc1OCc1cccc(Br)c1. The minimum atomic E-state index is -0.304. The first kappa shape index (κ1) is 14.0. The standard InChI is InChI=1S/C15H15BrFNO/c1-10(18)14-8-13(17)5-6-15(14)19-9-11-3-2-4-12(16)7-11/h2-8,10H,9,18H2,1H3. The van der Waals surface area contributed by atoms with Gasteiger partial charge in [0.05, 0.1) is 0 Å². The van der Waals surface area contributed by atoms with E-state index < -0.39 is 0 Å². The Morgan fingerprint density at radius 1 is 1.26 bits per heavy atom. The minimum Gasteiger partial charge on any atom is -0.489 e. The Labute approximate surface area is 120 Å². The van der Waals surface area contributed by atoms with Crippen molar-refractivity contribution in [3.63, 3.8) is 0 Å². The van der Waals surface area contributed by atoms with E-state index in [1.54, 1.807) is 13.0 Å². The van der Waals surface area contributed by atoms with Crippen LogP contribution in [0.4, 0.5) is 4.39 Å². The van der Waals surface area contributed by atoms with Crippen LogP contribution in [0, 0.1) is 5.82 Å². The highest BCUT2D eigenvalue weighted by molar-refractivity contribution is 9.10. The zero-order valence-corrected chi connectivity index (χ0v) is 12.2. The van der Waals surface area contributed by atoms with Gasteiger partial charge in [-0.25, -0.2) is 4.39 Å². The highest BCUT2D eigenvalue weighted by Crippen LogP contribution is 2.25. The zero-order chi connectivity index (χ0) is 13.8. The van der Waals surface area contributed by atoms with E-state index in [-0.39, 0.29) is 11.9 Å². The van der Waals surface area contributed by atoms with Gasteiger partial charge >= 0.3 is 0 Å². The fourth-order valence-corrected chi connectivity index (χ4v) is 2.24. The molecule has 0 amide bonds. The maximum absolute atomic E-state index is 13.2. The lowest BCUT2D eigenvalue weighted by atomic mass is 10.1. The Balaban J connectivity index is 2.15. The molecule has 2 nitrogen and oxygen atoms in total. The van der Waals surface area contributed by atoms with Crippen molar-refractivity contribution in [3.8, 4) is 5.75 Å². The van der Waals surface area contributed by atoms with Gasteiger partial charge in [0.2, 0.25) is 0 Å². The van der Waals surface area contributed by atoms with Crippen LogP contribution in [0.2, 0.25) is 0 Å². The Morgan fingerprint density at radius 3 is 2.74 bits per heavy atom. The largest absolute Gasteiger partial charge is 0.489 e. The maximum Gasteiger partial charge on any atom is 0.124 e. The van der Waals surface area contributed by atoms with Gasteiger partial charge in [-0.2, -0.15) is 0 Å². The predicted octanol–water partition coefficient (Wildman–Crippen LogP) is 4.19. The number of nitrogens with two attached hydrogens (primary N) is 1. The molecular formula is C15H15BrFNO. The third-order valence-electron chi connectivity index (χ3n) is 2.75. The molecule has 0 radical (unpaired) electrons. The third-order valence-corrected chi connectivity index (χ3v) is 3.24. The summed E-state index contributed by atoms with van der Waals surface area (Å²) < 4.78 is 19.9. The molecule has 0 saturated carbocycles. The van der Waals surface area contributed by atoms with Crippen molar-refractivity contribution >= 4 is 15.9 Å². The first-order valence-electron chi connectivity index (χ1n) is 5.98. The van der Waals surface area contributed by atoms with Crippen LogP contribution in [0.3, 0.4) is 0 Å². The average Bonchev–Trinajstić information content (AvgIpc) is 2.37. The van der Waals surface area contributed by atoms with E-state index >= 15 is 0 Å². The molecule has 2 N–H and O–H groups in total. The fraction of sp³-hybridized carbons (Fsp3) is 0.200. The second-order valence-corrected chi connectivity index (χ2v) is 5.31. The van der Waals surface area contributed by atoms with Crippen LogP contribution in [-0.4, -0.2) is 0 Å². The topological polar surface area (TPSA) is 35.2 Å². The quantitative estimate of drug-likeness (QED) is 0.915. The lowest BCUT2D eigenvalue weighted by molar-refractivity contribution is 0.301. The number of rotatable bonds is 4. The van der Waals surface area contributed by atoms with Crippen LogP contribution in [0.1, 0.15) is 24.1 Å². The highest BCUT2D eigenvalue weighted by Gasteiger charge is 2.09. The molecule has 0 aliphatic heterocycles. The minimum absolute atomic E-state index is 0.270. The van der Waals surface area contributed by atoms with Crippen LogP contribution >= 0.6 is 15.9 Å². The van der Waals surface area contributed by atoms with Gasteiger partial charge in [0.1, 0.15) is 18.2 Å².